The predicted octanol–water partition coefficient (Wildman–Crippen LogP) is 4.15. The Balaban J connectivity index is 1.59. The molecule has 0 spiro atoms. The number of aromatic carboxylic acids is 1. The van der Waals surface area contributed by atoms with Crippen molar-refractivity contribution in [3.8, 4) is 17.2 Å². The molecule has 120 valence electrons. The van der Waals surface area contributed by atoms with Gasteiger partial charge in [0.1, 0.15) is 29.5 Å². The van der Waals surface area contributed by atoms with E-state index >= 15 is 0 Å². The molecule has 0 amide bonds. The first-order valence-electron chi connectivity index (χ1n) is 7.35. The van der Waals surface area contributed by atoms with E-state index in [0.717, 1.165) is 11.3 Å². The van der Waals surface area contributed by atoms with Gasteiger partial charge in [-0.15, -0.1) is 0 Å². The highest BCUT2D eigenvalue weighted by molar-refractivity contribution is 5.85. The van der Waals surface area contributed by atoms with Gasteiger partial charge in [-0.2, -0.15) is 0 Å². The molecule has 0 fully saturated rings. The largest absolute Gasteiger partial charge is 0.489 e. The maximum atomic E-state index is 10.8. The van der Waals surface area contributed by atoms with Gasteiger partial charge in [-0.3, -0.25) is 0 Å². The van der Waals surface area contributed by atoms with Gasteiger partial charge in [-0.05, 0) is 42.0 Å². The number of carboxylic acids is 1. The Kier molecular flexibility index (Phi) is 4.72. The van der Waals surface area contributed by atoms with E-state index in [1.165, 1.54) is 12.3 Å². The van der Waals surface area contributed by atoms with E-state index in [1.54, 1.807) is 18.2 Å². The van der Waals surface area contributed by atoms with Crippen LogP contribution >= 0.6 is 0 Å². The average molecular weight is 321 g/mol. The number of aromatic nitrogens is 1. The van der Waals surface area contributed by atoms with Crippen LogP contribution in [0.2, 0.25) is 0 Å². The van der Waals surface area contributed by atoms with Crippen molar-refractivity contribution in [3.63, 3.8) is 0 Å². The molecule has 2 aromatic carbocycles. The van der Waals surface area contributed by atoms with Crippen LogP contribution in [0.15, 0.2) is 72.9 Å². The number of hydrogen-bond donors (Lipinski definition) is 1. The molecular weight excluding hydrogens is 306 g/mol. The third-order valence-corrected chi connectivity index (χ3v) is 3.26. The summed E-state index contributed by atoms with van der Waals surface area (Å²) in [5.41, 5.74) is 1.08. The number of carbonyl (C=O) groups is 1. The Morgan fingerprint density at radius 2 is 1.54 bits per heavy atom. The lowest BCUT2D eigenvalue weighted by Crippen LogP contribution is -1.99. The number of rotatable bonds is 6. The first-order chi connectivity index (χ1) is 11.7. The van der Waals surface area contributed by atoms with Crippen LogP contribution in [0.4, 0.5) is 0 Å². The van der Waals surface area contributed by atoms with Gasteiger partial charge in [0.25, 0.3) is 0 Å². The van der Waals surface area contributed by atoms with Crippen LogP contribution in [-0.4, -0.2) is 16.1 Å². The summed E-state index contributed by atoms with van der Waals surface area (Å²) in [5, 5.41) is 8.81. The van der Waals surface area contributed by atoms with Gasteiger partial charge in [-0.25, -0.2) is 9.78 Å². The molecule has 3 rings (SSSR count). The predicted molar refractivity (Wildman–Crippen MR) is 88.5 cm³/mol. The molecule has 24 heavy (non-hydrogen) atoms. The molecule has 0 atom stereocenters. The highest BCUT2D eigenvalue weighted by Crippen LogP contribution is 2.24. The zero-order chi connectivity index (χ0) is 16.8. The minimum atomic E-state index is -1.07. The monoisotopic (exact) mass is 321 g/mol. The van der Waals surface area contributed by atoms with Crippen molar-refractivity contribution in [1.82, 2.24) is 4.98 Å². The maximum absolute atomic E-state index is 10.8. The average Bonchev–Trinajstić information content (AvgIpc) is 2.62. The Labute approximate surface area is 139 Å². The van der Waals surface area contributed by atoms with Gasteiger partial charge in [0.15, 0.2) is 0 Å². The van der Waals surface area contributed by atoms with Crippen LogP contribution in [0.3, 0.4) is 0 Å². The number of carboxylic acid groups (broad SMARTS) is 1. The van der Waals surface area contributed by atoms with E-state index < -0.39 is 5.97 Å². The van der Waals surface area contributed by atoms with E-state index in [2.05, 4.69) is 4.98 Å². The maximum Gasteiger partial charge on any atom is 0.354 e. The summed E-state index contributed by atoms with van der Waals surface area (Å²) in [5.74, 6) is 0.761. The lowest BCUT2D eigenvalue weighted by Gasteiger charge is -2.08. The fourth-order valence-corrected chi connectivity index (χ4v) is 2.05. The molecule has 0 unspecified atom stereocenters. The number of hydrogen-bond acceptors (Lipinski definition) is 4. The lowest BCUT2D eigenvalue weighted by atomic mass is 10.2. The molecule has 3 aromatic rings. The first kappa shape index (κ1) is 15.6. The topological polar surface area (TPSA) is 68.7 Å². The van der Waals surface area contributed by atoms with Crippen LogP contribution in [-0.2, 0) is 6.61 Å². The van der Waals surface area contributed by atoms with E-state index in [9.17, 15) is 4.79 Å². The van der Waals surface area contributed by atoms with Gasteiger partial charge < -0.3 is 14.6 Å². The molecule has 0 aliphatic heterocycles. The van der Waals surface area contributed by atoms with Crippen molar-refractivity contribution in [3.05, 3.63) is 84.2 Å². The molecule has 0 saturated carbocycles. The number of benzene rings is 2. The molecule has 0 radical (unpaired) electrons. The summed E-state index contributed by atoms with van der Waals surface area (Å²) >= 11 is 0. The molecule has 5 nitrogen and oxygen atoms in total. The van der Waals surface area contributed by atoms with Crippen molar-refractivity contribution < 1.29 is 19.4 Å². The van der Waals surface area contributed by atoms with Crippen molar-refractivity contribution in [2.24, 2.45) is 0 Å². The van der Waals surface area contributed by atoms with Crippen molar-refractivity contribution in [1.29, 1.82) is 0 Å². The molecule has 0 aliphatic carbocycles. The first-order valence-corrected chi connectivity index (χ1v) is 7.35. The number of nitrogens with zero attached hydrogens (tertiary/aromatic N) is 1. The smallest absolute Gasteiger partial charge is 0.354 e. The molecule has 0 saturated heterocycles. The fourth-order valence-electron chi connectivity index (χ4n) is 2.05. The second-order valence-corrected chi connectivity index (χ2v) is 5.03. The molecular formula is C19H15NO4. The lowest BCUT2D eigenvalue weighted by molar-refractivity contribution is 0.0690. The third-order valence-electron chi connectivity index (χ3n) is 3.26. The second kappa shape index (κ2) is 7.28. The molecule has 1 N–H and O–H groups in total. The van der Waals surface area contributed by atoms with Gasteiger partial charge in [0, 0.05) is 0 Å². The van der Waals surface area contributed by atoms with Crippen LogP contribution in [0, 0.1) is 0 Å². The van der Waals surface area contributed by atoms with Gasteiger partial charge in [-0.1, -0.05) is 30.3 Å². The summed E-state index contributed by atoms with van der Waals surface area (Å²) in [6, 6.07) is 20.1. The standard InChI is InChI=1S/C19H15NO4/c21-19(22)18-11-10-17(12-20-18)24-16-8-6-15(7-9-16)23-13-14-4-2-1-3-5-14/h1-12H,13H2,(H,21,22). The van der Waals surface area contributed by atoms with E-state index in [1.807, 2.05) is 42.5 Å². The highest BCUT2D eigenvalue weighted by atomic mass is 16.5. The highest BCUT2D eigenvalue weighted by Gasteiger charge is 2.05. The van der Waals surface area contributed by atoms with Crippen LogP contribution in [0.25, 0.3) is 0 Å². The summed E-state index contributed by atoms with van der Waals surface area (Å²) in [4.78, 5) is 14.6. The van der Waals surface area contributed by atoms with Crippen molar-refractivity contribution in [2.75, 3.05) is 0 Å². The Hall–Kier alpha value is -3.34. The van der Waals surface area contributed by atoms with Crippen LogP contribution < -0.4 is 9.47 Å². The van der Waals surface area contributed by atoms with Crippen molar-refractivity contribution >= 4 is 5.97 Å². The molecule has 5 heteroatoms. The van der Waals surface area contributed by atoms with Gasteiger partial charge >= 0.3 is 5.97 Å². The van der Waals surface area contributed by atoms with Gasteiger partial charge in [0.2, 0.25) is 0 Å². The summed E-state index contributed by atoms with van der Waals surface area (Å²) in [7, 11) is 0. The van der Waals surface area contributed by atoms with Crippen molar-refractivity contribution in [2.45, 2.75) is 6.61 Å². The van der Waals surface area contributed by atoms with E-state index in [0.29, 0.717) is 18.1 Å². The summed E-state index contributed by atoms with van der Waals surface area (Å²) in [6.45, 7) is 0.502. The fraction of sp³-hybridized carbons (Fsp3) is 0.0526. The SMILES string of the molecule is O=C(O)c1ccc(Oc2ccc(OCc3ccccc3)cc2)cn1. The number of pyridine rings is 1. The third kappa shape index (κ3) is 4.10. The second-order valence-electron chi connectivity index (χ2n) is 5.03. The number of ether oxygens (including phenoxy) is 2. The molecule has 0 aliphatic rings. The van der Waals surface area contributed by atoms with E-state index in [4.69, 9.17) is 14.6 Å². The Morgan fingerprint density at radius 3 is 2.17 bits per heavy atom. The van der Waals surface area contributed by atoms with Crippen LogP contribution in [0.1, 0.15) is 16.1 Å². The van der Waals surface area contributed by atoms with E-state index in [-0.39, 0.29) is 5.69 Å². The minimum Gasteiger partial charge on any atom is -0.489 e. The van der Waals surface area contributed by atoms with Crippen LogP contribution in [0.5, 0.6) is 17.2 Å². The summed E-state index contributed by atoms with van der Waals surface area (Å²) in [6.07, 6.45) is 1.38. The normalized spacial score (nSPS) is 10.2. The zero-order valence-corrected chi connectivity index (χ0v) is 12.8. The molecule has 0 bridgehead atoms. The summed E-state index contributed by atoms with van der Waals surface area (Å²) < 4.78 is 11.3. The Bertz CT molecular complexity index is 799. The zero-order valence-electron chi connectivity index (χ0n) is 12.8. The quantitative estimate of drug-likeness (QED) is 0.738. The molecule has 1 aromatic heterocycles. The minimum absolute atomic E-state index is 0.0213. The molecule has 1 heterocycles. The van der Waals surface area contributed by atoms with Gasteiger partial charge in [0.05, 0.1) is 6.20 Å². The Morgan fingerprint density at radius 1 is 0.875 bits per heavy atom.